The summed E-state index contributed by atoms with van der Waals surface area (Å²) < 4.78 is 0. The molecule has 0 unspecified atom stereocenters. The highest BCUT2D eigenvalue weighted by Gasteiger charge is 2.34. The lowest BCUT2D eigenvalue weighted by Gasteiger charge is -2.37. The van der Waals surface area contributed by atoms with Crippen LogP contribution in [0.3, 0.4) is 0 Å². The van der Waals surface area contributed by atoms with Crippen molar-refractivity contribution < 1.29 is 5.11 Å². The van der Waals surface area contributed by atoms with Crippen molar-refractivity contribution in [3.8, 4) is 0 Å². The minimum absolute atomic E-state index is 0.256. The molecule has 1 aliphatic rings. The molecule has 1 fully saturated rings. The van der Waals surface area contributed by atoms with Crippen molar-refractivity contribution in [2.45, 2.75) is 45.1 Å². The monoisotopic (exact) mass is 128 g/mol. The first-order chi connectivity index (χ1) is 4.12. The third-order valence-corrected chi connectivity index (χ3v) is 2.07. The van der Waals surface area contributed by atoms with Crippen LogP contribution >= 0.6 is 0 Å². The van der Waals surface area contributed by atoms with Crippen LogP contribution in [0.15, 0.2) is 0 Å². The van der Waals surface area contributed by atoms with Crippen LogP contribution < -0.4 is 0 Å². The van der Waals surface area contributed by atoms with Gasteiger partial charge in [-0.3, -0.25) is 0 Å². The van der Waals surface area contributed by atoms with Gasteiger partial charge >= 0.3 is 0 Å². The minimum Gasteiger partial charge on any atom is -0.390 e. The highest BCUT2D eigenvalue weighted by molar-refractivity contribution is 4.87. The highest BCUT2D eigenvalue weighted by Crippen LogP contribution is 2.36. The second kappa shape index (κ2) is 2.30. The Morgan fingerprint density at radius 1 is 1.44 bits per heavy atom. The molecule has 0 aliphatic heterocycles. The van der Waals surface area contributed by atoms with Crippen molar-refractivity contribution in [3.63, 3.8) is 0 Å². The van der Waals surface area contributed by atoms with Crippen molar-refractivity contribution in [3.05, 3.63) is 0 Å². The van der Waals surface area contributed by atoms with Crippen LogP contribution in [0, 0.1) is 5.92 Å². The zero-order valence-electron chi connectivity index (χ0n) is 6.35. The van der Waals surface area contributed by atoms with Crippen molar-refractivity contribution in [1.29, 1.82) is 0 Å². The first kappa shape index (κ1) is 7.07. The lowest BCUT2D eigenvalue weighted by Crippen LogP contribution is -2.37. The molecule has 1 aliphatic carbocycles. The lowest BCUT2D eigenvalue weighted by molar-refractivity contribution is -0.0493. The quantitative estimate of drug-likeness (QED) is 0.602. The van der Waals surface area contributed by atoms with Gasteiger partial charge in [0.1, 0.15) is 0 Å². The van der Waals surface area contributed by atoms with Crippen LogP contribution in [-0.4, -0.2) is 10.7 Å². The van der Waals surface area contributed by atoms with Gasteiger partial charge in [-0.05, 0) is 31.6 Å². The van der Waals surface area contributed by atoms with E-state index in [1.54, 1.807) is 0 Å². The van der Waals surface area contributed by atoms with Gasteiger partial charge in [0, 0.05) is 0 Å². The summed E-state index contributed by atoms with van der Waals surface area (Å²) in [5.41, 5.74) is -0.256. The van der Waals surface area contributed by atoms with E-state index in [1.807, 2.05) is 0 Å². The van der Waals surface area contributed by atoms with Gasteiger partial charge in [0.25, 0.3) is 0 Å². The van der Waals surface area contributed by atoms with E-state index in [9.17, 15) is 5.11 Å². The van der Waals surface area contributed by atoms with Gasteiger partial charge < -0.3 is 5.11 Å². The molecule has 0 radical (unpaired) electrons. The summed E-state index contributed by atoms with van der Waals surface area (Å²) in [6.45, 7) is 4.33. The Kier molecular flexibility index (Phi) is 1.80. The van der Waals surface area contributed by atoms with Crippen molar-refractivity contribution >= 4 is 0 Å². The molecule has 0 heterocycles. The van der Waals surface area contributed by atoms with Gasteiger partial charge in [-0.1, -0.05) is 13.8 Å². The third kappa shape index (κ3) is 1.68. The molecule has 1 rings (SSSR count). The Morgan fingerprint density at radius 2 is 2.00 bits per heavy atom. The van der Waals surface area contributed by atoms with Crippen LogP contribution in [0.4, 0.5) is 0 Å². The lowest BCUT2D eigenvalue weighted by atomic mass is 9.75. The molecular weight excluding hydrogens is 112 g/mol. The zero-order valence-corrected chi connectivity index (χ0v) is 6.35. The predicted octanol–water partition coefficient (Wildman–Crippen LogP) is 1.95. The maximum absolute atomic E-state index is 9.58. The Hall–Kier alpha value is -0.0400. The van der Waals surface area contributed by atoms with Crippen LogP contribution in [0.25, 0.3) is 0 Å². The molecule has 0 aromatic rings. The van der Waals surface area contributed by atoms with Crippen LogP contribution in [0.1, 0.15) is 39.5 Å². The molecule has 0 aromatic heterocycles. The zero-order chi connectivity index (χ0) is 6.91. The molecule has 0 saturated heterocycles. The smallest absolute Gasteiger partial charge is 0.0650 e. The summed E-state index contributed by atoms with van der Waals surface area (Å²) in [6.07, 6.45) is 4.28. The van der Waals surface area contributed by atoms with Gasteiger partial charge in [-0.2, -0.15) is 0 Å². The van der Waals surface area contributed by atoms with Gasteiger partial charge in [0.05, 0.1) is 5.60 Å². The second-order valence-electron chi connectivity index (χ2n) is 3.68. The summed E-state index contributed by atoms with van der Waals surface area (Å²) in [5.74, 6) is 0.648. The fourth-order valence-corrected chi connectivity index (χ4v) is 1.55. The first-order valence-electron chi connectivity index (χ1n) is 3.85. The molecule has 9 heavy (non-hydrogen) atoms. The van der Waals surface area contributed by atoms with E-state index in [1.165, 1.54) is 6.42 Å². The Balaban J connectivity index is 2.24. The van der Waals surface area contributed by atoms with E-state index in [-0.39, 0.29) is 5.60 Å². The Labute approximate surface area is 57.1 Å². The summed E-state index contributed by atoms with van der Waals surface area (Å²) in [6, 6.07) is 0. The SMILES string of the molecule is CC(C)CC1(O)CCC1. The molecule has 1 saturated carbocycles. The highest BCUT2D eigenvalue weighted by atomic mass is 16.3. The van der Waals surface area contributed by atoms with Gasteiger partial charge in [-0.25, -0.2) is 0 Å². The second-order valence-corrected chi connectivity index (χ2v) is 3.68. The van der Waals surface area contributed by atoms with E-state index in [4.69, 9.17) is 0 Å². The molecule has 1 nitrogen and oxygen atoms in total. The summed E-state index contributed by atoms with van der Waals surface area (Å²) in [5, 5.41) is 9.58. The molecular formula is C8H16O. The van der Waals surface area contributed by atoms with Gasteiger partial charge in [0.2, 0.25) is 0 Å². The molecule has 1 heteroatoms. The van der Waals surface area contributed by atoms with Crippen LogP contribution in [-0.2, 0) is 0 Å². The molecule has 0 amide bonds. The first-order valence-corrected chi connectivity index (χ1v) is 3.85. The standard InChI is InChI=1S/C8H16O/c1-7(2)6-8(9)4-3-5-8/h7,9H,3-6H2,1-2H3. The maximum atomic E-state index is 9.58. The predicted molar refractivity (Wildman–Crippen MR) is 38.3 cm³/mol. The Bertz CT molecular complexity index is 92.7. The number of hydrogen-bond donors (Lipinski definition) is 1. The van der Waals surface area contributed by atoms with Gasteiger partial charge in [0.15, 0.2) is 0 Å². The van der Waals surface area contributed by atoms with E-state index in [2.05, 4.69) is 13.8 Å². The number of aliphatic hydroxyl groups is 1. The van der Waals surface area contributed by atoms with Crippen molar-refractivity contribution in [2.75, 3.05) is 0 Å². The minimum atomic E-state index is -0.256. The van der Waals surface area contributed by atoms with E-state index >= 15 is 0 Å². The largest absolute Gasteiger partial charge is 0.390 e. The molecule has 0 aromatic carbocycles. The average molecular weight is 128 g/mol. The molecule has 0 spiro atoms. The maximum Gasteiger partial charge on any atom is 0.0650 e. The summed E-state index contributed by atoms with van der Waals surface area (Å²) in [7, 11) is 0. The fraction of sp³-hybridized carbons (Fsp3) is 1.00. The van der Waals surface area contributed by atoms with Gasteiger partial charge in [-0.15, -0.1) is 0 Å². The summed E-state index contributed by atoms with van der Waals surface area (Å²) in [4.78, 5) is 0. The normalized spacial score (nSPS) is 24.0. The van der Waals surface area contributed by atoms with E-state index in [0.717, 1.165) is 19.3 Å². The Morgan fingerprint density at radius 3 is 2.11 bits per heavy atom. The molecule has 0 atom stereocenters. The van der Waals surface area contributed by atoms with E-state index < -0.39 is 0 Å². The fourth-order valence-electron chi connectivity index (χ4n) is 1.55. The van der Waals surface area contributed by atoms with E-state index in [0.29, 0.717) is 5.92 Å². The van der Waals surface area contributed by atoms with Crippen molar-refractivity contribution in [1.82, 2.24) is 0 Å². The number of rotatable bonds is 2. The molecule has 54 valence electrons. The molecule has 1 N–H and O–H groups in total. The van der Waals surface area contributed by atoms with Crippen LogP contribution in [0.2, 0.25) is 0 Å². The summed E-state index contributed by atoms with van der Waals surface area (Å²) >= 11 is 0. The average Bonchev–Trinajstić information content (AvgIpc) is 1.60. The van der Waals surface area contributed by atoms with Crippen molar-refractivity contribution in [2.24, 2.45) is 5.92 Å². The third-order valence-electron chi connectivity index (χ3n) is 2.07. The topological polar surface area (TPSA) is 20.2 Å². The molecule has 0 bridgehead atoms. The number of hydrogen-bond acceptors (Lipinski definition) is 1. The van der Waals surface area contributed by atoms with Crippen LogP contribution in [0.5, 0.6) is 0 Å².